The number of anilines is 1. The van der Waals surface area contributed by atoms with Gasteiger partial charge in [-0.15, -0.1) is 0 Å². The molecular formula is C22H23ClN4O2. The molecule has 1 aliphatic heterocycles. The number of phenols is 1. The van der Waals surface area contributed by atoms with Crippen molar-refractivity contribution in [1.29, 1.82) is 0 Å². The zero-order chi connectivity index (χ0) is 20.5. The van der Waals surface area contributed by atoms with E-state index in [1.807, 2.05) is 61.6 Å². The lowest BCUT2D eigenvalue weighted by molar-refractivity contribution is -0.116. The van der Waals surface area contributed by atoms with Crippen LogP contribution in [0.4, 0.5) is 5.82 Å². The Morgan fingerprint density at radius 1 is 1.28 bits per heavy atom. The van der Waals surface area contributed by atoms with Crippen LogP contribution >= 0.6 is 11.6 Å². The van der Waals surface area contributed by atoms with Crippen LogP contribution in [0.2, 0.25) is 5.02 Å². The van der Waals surface area contributed by atoms with Crippen LogP contribution in [0.1, 0.15) is 34.6 Å². The van der Waals surface area contributed by atoms with Crippen molar-refractivity contribution in [2.75, 3.05) is 19.4 Å². The minimum Gasteiger partial charge on any atom is -0.508 e. The largest absolute Gasteiger partial charge is 0.508 e. The van der Waals surface area contributed by atoms with Crippen LogP contribution in [0.25, 0.3) is 0 Å². The van der Waals surface area contributed by atoms with Crippen molar-refractivity contribution < 1.29 is 9.90 Å². The van der Waals surface area contributed by atoms with E-state index >= 15 is 0 Å². The highest BCUT2D eigenvalue weighted by Gasteiger charge is 2.30. The number of amides is 1. The fourth-order valence-electron chi connectivity index (χ4n) is 3.78. The Hall–Kier alpha value is -2.83. The van der Waals surface area contributed by atoms with Gasteiger partial charge in [0.2, 0.25) is 5.91 Å². The van der Waals surface area contributed by atoms with Gasteiger partial charge in [0.1, 0.15) is 11.6 Å². The number of aromatic hydroxyl groups is 1. The Bertz CT molecular complexity index is 1060. The Labute approximate surface area is 174 Å². The fourth-order valence-corrected chi connectivity index (χ4v) is 4.00. The SMILES string of the molecule is CN(C)Cc1cc(C2CC(=O)Nc3c2cnn3Cc2cccc(Cl)c2)ccc1O. The lowest BCUT2D eigenvalue weighted by Gasteiger charge is -2.24. The van der Waals surface area contributed by atoms with E-state index < -0.39 is 0 Å². The summed E-state index contributed by atoms with van der Waals surface area (Å²) in [5, 5.41) is 18.4. The summed E-state index contributed by atoms with van der Waals surface area (Å²) in [4.78, 5) is 14.5. The number of benzene rings is 2. The predicted octanol–water partition coefficient (Wildman–Crippen LogP) is 3.83. The lowest BCUT2D eigenvalue weighted by atomic mass is 9.86. The molecule has 3 aromatic rings. The highest BCUT2D eigenvalue weighted by atomic mass is 35.5. The quantitative estimate of drug-likeness (QED) is 0.670. The standard InChI is InChI=1S/C22H23ClN4O2/c1-26(2)13-16-9-15(6-7-20(16)28)18-10-21(29)25-22-19(18)11-24-27(22)12-14-4-3-5-17(23)8-14/h3-9,11,18,28H,10,12-13H2,1-2H3,(H,25,29). The number of nitrogens with zero attached hydrogens (tertiary/aromatic N) is 3. The van der Waals surface area contributed by atoms with Crippen LogP contribution in [0.5, 0.6) is 5.75 Å². The number of hydrogen-bond donors (Lipinski definition) is 2. The van der Waals surface area contributed by atoms with E-state index in [9.17, 15) is 9.90 Å². The Kier molecular flexibility index (Phi) is 5.30. The number of phenolic OH excluding ortho intramolecular Hbond substituents is 1. The molecule has 0 aliphatic carbocycles. The maximum Gasteiger partial charge on any atom is 0.226 e. The van der Waals surface area contributed by atoms with Gasteiger partial charge in [-0.25, -0.2) is 4.68 Å². The highest BCUT2D eigenvalue weighted by molar-refractivity contribution is 6.30. The normalized spacial score (nSPS) is 16.0. The van der Waals surface area contributed by atoms with Gasteiger partial charge >= 0.3 is 0 Å². The average molecular weight is 411 g/mol. The second kappa shape index (κ2) is 7.89. The van der Waals surface area contributed by atoms with Crippen molar-refractivity contribution in [2.24, 2.45) is 0 Å². The molecule has 1 aromatic heterocycles. The summed E-state index contributed by atoms with van der Waals surface area (Å²) in [6.07, 6.45) is 2.17. The molecule has 0 radical (unpaired) electrons. The molecule has 1 atom stereocenters. The maximum absolute atomic E-state index is 12.5. The topological polar surface area (TPSA) is 70.4 Å². The summed E-state index contributed by atoms with van der Waals surface area (Å²) >= 11 is 6.10. The molecule has 0 saturated carbocycles. The van der Waals surface area contributed by atoms with Gasteiger partial charge < -0.3 is 15.3 Å². The Morgan fingerprint density at radius 3 is 2.86 bits per heavy atom. The molecule has 2 heterocycles. The van der Waals surface area contributed by atoms with Crippen molar-refractivity contribution in [3.05, 3.63) is 75.9 Å². The van der Waals surface area contributed by atoms with Gasteiger partial charge in [-0.1, -0.05) is 35.9 Å². The van der Waals surface area contributed by atoms with E-state index in [2.05, 4.69) is 10.4 Å². The third-order valence-corrected chi connectivity index (χ3v) is 5.34. The third-order valence-electron chi connectivity index (χ3n) is 5.10. The minimum atomic E-state index is -0.103. The molecule has 1 aliphatic rings. The lowest BCUT2D eigenvalue weighted by Crippen LogP contribution is -2.25. The van der Waals surface area contributed by atoms with Gasteiger partial charge in [-0.2, -0.15) is 5.10 Å². The molecule has 6 nitrogen and oxygen atoms in total. The van der Waals surface area contributed by atoms with E-state index in [-0.39, 0.29) is 17.6 Å². The number of hydrogen-bond acceptors (Lipinski definition) is 4. The summed E-state index contributed by atoms with van der Waals surface area (Å²) in [5.41, 5.74) is 3.83. The van der Waals surface area contributed by atoms with Gasteiger partial charge in [-0.05, 0) is 43.4 Å². The number of nitrogens with one attached hydrogen (secondary N) is 1. The second-order valence-corrected chi connectivity index (χ2v) is 8.10. The fraction of sp³-hybridized carbons (Fsp3) is 0.273. The van der Waals surface area contributed by atoms with Gasteiger partial charge in [0, 0.05) is 35.0 Å². The first-order valence-corrected chi connectivity index (χ1v) is 9.85. The average Bonchev–Trinajstić information content (AvgIpc) is 3.05. The Morgan fingerprint density at radius 2 is 2.10 bits per heavy atom. The number of rotatable bonds is 5. The van der Waals surface area contributed by atoms with Crippen LogP contribution in [0, 0.1) is 0 Å². The molecule has 2 N–H and O–H groups in total. The van der Waals surface area contributed by atoms with Crippen molar-refractivity contribution >= 4 is 23.3 Å². The Balaban J connectivity index is 1.69. The highest BCUT2D eigenvalue weighted by Crippen LogP contribution is 2.38. The smallest absolute Gasteiger partial charge is 0.226 e. The van der Waals surface area contributed by atoms with E-state index in [0.717, 1.165) is 22.3 Å². The molecule has 1 amide bonds. The van der Waals surface area contributed by atoms with Crippen molar-refractivity contribution in [3.8, 4) is 5.75 Å². The van der Waals surface area contributed by atoms with Crippen LogP contribution in [0.3, 0.4) is 0 Å². The monoisotopic (exact) mass is 410 g/mol. The molecule has 29 heavy (non-hydrogen) atoms. The molecular weight excluding hydrogens is 388 g/mol. The predicted molar refractivity (Wildman–Crippen MR) is 113 cm³/mol. The summed E-state index contributed by atoms with van der Waals surface area (Å²) in [7, 11) is 3.91. The van der Waals surface area contributed by atoms with E-state index in [1.54, 1.807) is 10.7 Å². The number of fused-ring (bicyclic) bond motifs is 1. The molecule has 1 unspecified atom stereocenters. The summed E-state index contributed by atoms with van der Waals surface area (Å²) in [6, 6.07) is 13.2. The number of carbonyl (C=O) groups excluding carboxylic acids is 1. The first kappa shape index (κ1) is 19.5. The molecule has 150 valence electrons. The maximum atomic E-state index is 12.5. The molecule has 0 bridgehead atoms. The zero-order valence-electron chi connectivity index (χ0n) is 16.4. The van der Waals surface area contributed by atoms with Gasteiger partial charge in [0.15, 0.2) is 0 Å². The molecule has 4 rings (SSSR count). The van der Waals surface area contributed by atoms with Gasteiger partial charge in [0.25, 0.3) is 0 Å². The van der Waals surface area contributed by atoms with Crippen molar-refractivity contribution in [2.45, 2.75) is 25.4 Å². The van der Waals surface area contributed by atoms with Crippen molar-refractivity contribution in [1.82, 2.24) is 14.7 Å². The number of halogens is 1. The van der Waals surface area contributed by atoms with E-state index in [4.69, 9.17) is 11.6 Å². The van der Waals surface area contributed by atoms with Crippen LogP contribution in [-0.2, 0) is 17.9 Å². The second-order valence-electron chi connectivity index (χ2n) is 7.67. The van der Waals surface area contributed by atoms with E-state index in [1.165, 1.54) is 0 Å². The molecule has 7 heteroatoms. The number of carbonyl (C=O) groups is 1. The zero-order valence-corrected chi connectivity index (χ0v) is 17.1. The first-order valence-electron chi connectivity index (χ1n) is 9.47. The van der Waals surface area contributed by atoms with Crippen LogP contribution in [0.15, 0.2) is 48.7 Å². The van der Waals surface area contributed by atoms with Gasteiger partial charge in [0.05, 0.1) is 12.7 Å². The summed E-state index contributed by atoms with van der Waals surface area (Å²) in [5.74, 6) is 0.832. The molecule has 0 spiro atoms. The number of aromatic nitrogens is 2. The molecule has 0 saturated heterocycles. The third kappa shape index (κ3) is 4.13. The van der Waals surface area contributed by atoms with Crippen molar-refractivity contribution in [3.63, 3.8) is 0 Å². The van der Waals surface area contributed by atoms with Crippen LogP contribution < -0.4 is 5.32 Å². The summed E-state index contributed by atoms with van der Waals surface area (Å²) in [6.45, 7) is 1.14. The molecule has 0 fully saturated rings. The minimum absolute atomic E-state index is 0.0439. The first-order chi connectivity index (χ1) is 13.9. The summed E-state index contributed by atoms with van der Waals surface area (Å²) < 4.78 is 1.80. The van der Waals surface area contributed by atoms with Crippen LogP contribution in [-0.4, -0.2) is 39.8 Å². The van der Waals surface area contributed by atoms with Gasteiger partial charge in [-0.3, -0.25) is 4.79 Å². The van der Waals surface area contributed by atoms with E-state index in [0.29, 0.717) is 30.4 Å². The molecule has 2 aromatic carbocycles.